The second kappa shape index (κ2) is 12.0. The van der Waals surface area contributed by atoms with Gasteiger partial charge in [0.25, 0.3) is 0 Å². The number of unbranched alkanes of at least 4 members (excludes halogenated alkanes) is 3. The van der Waals surface area contributed by atoms with Gasteiger partial charge in [-0.15, -0.1) is 0 Å². The fourth-order valence-electron chi connectivity index (χ4n) is 1.28. The Balaban J connectivity index is 2.87. The van der Waals surface area contributed by atoms with Crippen molar-refractivity contribution in [3.63, 3.8) is 0 Å². The fraction of sp³-hybridized carbons (Fsp3) is 1.00. The van der Waals surface area contributed by atoms with Crippen LogP contribution >= 0.6 is 0 Å². The van der Waals surface area contributed by atoms with Crippen LogP contribution in [0.25, 0.3) is 0 Å². The van der Waals surface area contributed by atoms with E-state index in [1.54, 1.807) is 0 Å². The fourth-order valence-corrected chi connectivity index (χ4v) is 1.28. The van der Waals surface area contributed by atoms with Crippen molar-refractivity contribution in [2.24, 2.45) is 5.92 Å². The van der Waals surface area contributed by atoms with Gasteiger partial charge in [0.2, 0.25) is 0 Å². The molecule has 0 aliphatic rings. The van der Waals surface area contributed by atoms with Gasteiger partial charge in [0, 0.05) is 26.4 Å². The van der Waals surface area contributed by atoms with E-state index in [2.05, 4.69) is 20.8 Å². The summed E-state index contributed by atoms with van der Waals surface area (Å²) < 4.78 is 11.0. The van der Waals surface area contributed by atoms with Crippen molar-refractivity contribution < 1.29 is 9.47 Å². The zero-order valence-electron chi connectivity index (χ0n) is 10.8. The van der Waals surface area contributed by atoms with Crippen LogP contribution in [0.4, 0.5) is 0 Å². The third kappa shape index (κ3) is 13.9. The highest BCUT2D eigenvalue weighted by Crippen LogP contribution is 1.98. The van der Waals surface area contributed by atoms with Gasteiger partial charge in [-0.3, -0.25) is 0 Å². The molecule has 0 bridgehead atoms. The normalized spacial score (nSPS) is 11.2. The van der Waals surface area contributed by atoms with Crippen molar-refractivity contribution in [2.45, 2.75) is 52.9 Å². The van der Waals surface area contributed by atoms with Crippen LogP contribution in [0.3, 0.4) is 0 Å². The standard InChI is InChI=1S/C13H28O2/c1-4-5-6-9-14-10-7-8-11-15-12-13(2)3/h13H,4-12H2,1-3H3. The molecule has 0 aromatic heterocycles. The first kappa shape index (κ1) is 14.9. The van der Waals surface area contributed by atoms with E-state index in [1.807, 2.05) is 0 Å². The molecule has 0 N–H and O–H groups in total. The Morgan fingerprint density at radius 1 is 0.800 bits per heavy atom. The summed E-state index contributed by atoms with van der Waals surface area (Å²) in [6, 6.07) is 0. The molecule has 0 aliphatic heterocycles. The average molecular weight is 216 g/mol. The monoisotopic (exact) mass is 216 g/mol. The minimum Gasteiger partial charge on any atom is -0.381 e. The molecule has 15 heavy (non-hydrogen) atoms. The number of rotatable bonds is 11. The number of ether oxygens (including phenoxy) is 2. The lowest BCUT2D eigenvalue weighted by atomic mass is 10.2. The van der Waals surface area contributed by atoms with Gasteiger partial charge in [0.1, 0.15) is 0 Å². The van der Waals surface area contributed by atoms with Crippen molar-refractivity contribution >= 4 is 0 Å². The van der Waals surface area contributed by atoms with Crippen LogP contribution in [-0.4, -0.2) is 26.4 Å². The van der Waals surface area contributed by atoms with Crippen molar-refractivity contribution in [1.29, 1.82) is 0 Å². The van der Waals surface area contributed by atoms with Crippen molar-refractivity contribution in [3.8, 4) is 0 Å². The Kier molecular flexibility index (Phi) is 11.9. The van der Waals surface area contributed by atoms with Crippen LogP contribution in [0.1, 0.15) is 52.9 Å². The summed E-state index contributed by atoms with van der Waals surface area (Å²) >= 11 is 0. The molecular formula is C13H28O2. The molecule has 0 saturated heterocycles. The van der Waals surface area contributed by atoms with Crippen molar-refractivity contribution in [3.05, 3.63) is 0 Å². The zero-order chi connectivity index (χ0) is 11.4. The summed E-state index contributed by atoms with van der Waals surface area (Å²) in [4.78, 5) is 0. The van der Waals surface area contributed by atoms with Gasteiger partial charge < -0.3 is 9.47 Å². The maximum atomic E-state index is 5.51. The third-order valence-electron chi connectivity index (χ3n) is 2.17. The molecule has 0 atom stereocenters. The van der Waals surface area contributed by atoms with Gasteiger partial charge in [0.05, 0.1) is 0 Å². The molecule has 92 valence electrons. The first-order chi connectivity index (χ1) is 7.27. The maximum absolute atomic E-state index is 5.51. The van der Waals surface area contributed by atoms with Crippen LogP contribution < -0.4 is 0 Å². The lowest BCUT2D eigenvalue weighted by molar-refractivity contribution is 0.0890. The number of hydrogen-bond donors (Lipinski definition) is 0. The summed E-state index contributed by atoms with van der Waals surface area (Å²) in [5.74, 6) is 0.648. The molecule has 0 rings (SSSR count). The Morgan fingerprint density at radius 3 is 1.87 bits per heavy atom. The topological polar surface area (TPSA) is 18.5 Å². The first-order valence-electron chi connectivity index (χ1n) is 6.42. The second-order valence-corrected chi connectivity index (χ2v) is 4.50. The van der Waals surface area contributed by atoms with E-state index < -0.39 is 0 Å². The second-order valence-electron chi connectivity index (χ2n) is 4.50. The molecule has 0 aromatic rings. The van der Waals surface area contributed by atoms with Gasteiger partial charge in [0.15, 0.2) is 0 Å². The van der Waals surface area contributed by atoms with E-state index in [9.17, 15) is 0 Å². The summed E-state index contributed by atoms with van der Waals surface area (Å²) in [6.07, 6.45) is 6.02. The molecule has 2 heteroatoms. The van der Waals surface area contributed by atoms with Gasteiger partial charge in [-0.25, -0.2) is 0 Å². The van der Waals surface area contributed by atoms with Crippen LogP contribution in [0.15, 0.2) is 0 Å². The highest BCUT2D eigenvalue weighted by molar-refractivity contribution is 4.42. The molecule has 0 aliphatic carbocycles. The third-order valence-corrected chi connectivity index (χ3v) is 2.17. The summed E-state index contributed by atoms with van der Waals surface area (Å²) in [7, 11) is 0. The van der Waals surface area contributed by atoms with E-state index in [0.29, 0.717) is 5.92 Å². The Morgan fingerprint density at radius 2 is 1.33 bits per heavy atom. The zero-order valence-corrected chi connectivity index (χ0v) is 10.8. The van der Waals surface area contributed by atoms with Gasteiger partial charge >= 0.3 is 0 Å². The minimum atomic E-state index is 0.648. The van der Waals surface area contributed by atoms with Crippen molar-refractivity contribution in [1.82, 2.24) is 0 Å². The van der Waals surface area contributed by atoms with Crippen LogP contribution in [0.5, 0.6) is 0 Å². The SMILES string of the molecule is CCCCCOCCCCOCC(C)C. The van der Waals surface area contributed by atoms with E-state index in [1.165, 1.54) is 19.3 Å². The molecule has 0 radical (unpaired) electrons. The predicted molar refractivity (Wildman–Crippen MR) is 65.2 cm³/mol. The van der Waals surface area contributed by atoms with E-state index in [-0.39, 0.29) is 0 Å². The highest BCUT2D eigenvalue weighted by atomic mass is 16.5. The molecule has 0 unspecified atom stereocenters. The van der Waals surface area contributed by atoms with Gasteiger partial charge in [-0.05, 0) is 25.2 Å². The number of hydrogen-bond acceptors (Lipinski definition) is 2. The quantitative estimate of drug-likeness (QED) is 0.491. The van der Waals surface area contributed by atoms with E-state index >= 15 is 0 Å². The molecule has 0 heterocycles. The molecule has 0 spiro atoms. The van der Waals surface area contributed by atoms with Gasteiger partial charge in [-0.1, -0.05) is 33.6 Å². The van der Waals surface area contributed by atoms with E-state index in [4.69, 9.17) is 9.47 Å². The Labute approximate surface area is 95.3 Å². The molecule has 0 saturated carbocycles. The molecule has 0 aromatic carbocycles. The molecule has 0 amide bonds. The van der Waals surface area contributed by atoms with Crippen LogP contribution in [-0.2, 0) is 9.47 Å². The lowest BCUT2D eigenvalue weighted by Crippen LogP contribution is -2.04. The molecule has 0 fully saturated rings. The summed E-state index contributed by atoms with van der Waals surface area (Å²) in [5.41, 5.74) is 0. The lowest BCUT2D eigenvalue weighted by Gasteiger charge is -2.07. The first-order valence-corrected chi connectivity index (χ1v) is 6.42. The Bertz CT molecular complexity index is 113. The Hall–Kier alpha value is -0.0800. The van der Waals surface area contributed by atoms with Crippen LogP contribution in [0, 0.1) is 5.92 Å². The smallest absolute Gasteiger partial charge is 0.0488 e. The minimum absolute atomic E-state index is 0.648. The summed E-state index contributed by atoms with van der Waals surface area (Å²) in [6.45, 7) is 10.2. The largest absolute Gasteiger partial charge is 0.381 e. The maximum Gasteiger partial charge on any atom is 0.0488 e. The van der Waals surface area contributed by atoms with Crippen LogP contribution in [0.2, 0.25) is 0 Å². The van der Waals surface area contributed by atoms with E-state index in [0.717, 1.165) is 39.3 Å². The van der Waals surface area contributed by atoms with Gasteiger partial charge in [-0.2, -0.15) is 0 Å². The molecular weight excluding hydrogens is 188 g/mol. The van der Waals surface area contributed by atoms with Crippen molar-refractivity contribution in [2.75, 3.05) is 26.4 Å². The summed E-state index contributed by atoms with van der Waals surface area (Å²) in [5, 5.41) is 0. The average Bonchev–Trinajstić information content (AvgIpc) is 2.20. The predicted octanol–water partition coefficient (Wildman–Crippen LogP) is 3.65. The highest BCUT2D eigenvalue weighted by Gasteiger charge is 1.94. The molecule has 2 nitrogen and oxygen atoms in total.